The minimum Gasteiger partial charge on any atom is -0.308 e. The quantitative estimate of drug-likeness (QED) is 0.249. The monoisotopic (exact) mass is 435 g/mol. The molecule has 3 heteroatoms. The molecule has 0 N–H and O–H groups in total. The van der Waals surface area contributed by atoms with Crippen LogP contribution in [0.5, 0.6) is 0 Å². The van der Waals surface area contributed by atoms with Crippen LogP contribution in [0.2, 0.25) is 0 Å². The van der Waals surface area contributed by atoms with Crippen LogP contribution in [-0.4, -0.2) is 5.78 Å². The molecule has 0 saturated heterocycles. The first-order valence-electron chi connectivity index (χ1n) is 11.1. The highest BCUT2D eigenvalue weighted by Gasteiger charge is 2.24. The maximum absolute atomic E-state index is 12.5. The predicted molar refractivity (Wildman–Crippen MR) is 135 cm³/mol. The Labute approximate surface area is 193 Å². The summed E-state index contributed by atoms with van der Waals surface area (Å²) in [5.74, 6) is 0.226. The number of nitrogens with zero attached hydrogens (tertiary/aromatic N) is 1. The van der Waals surface area contributed by atoms with E-state index in [1.807, 2.05) is 30.0 Å². The summed E-state index contributed by atoms with van der Waals surface area (Å²) in [5.41, 5.74) is 6.53. The number of benzene rings is 4. The average Bonchev–Trinajstić information content (AvgIpc) is 2.86. The van der Waals surface area contributed by atoms with E-state index in [1.165, 1.54) is 21.2 Å². The zero-order valence-electron chi connectivity index (χ0n) is 18.1. The lowest BCUT2D eigenvalue weighted by atomic mass is 9.99. The van der Waals surface area contributed by atoms with Gasteiger partial charge in [-0.05, 0) is 60.0 Å². The lowest BCUT2D eigenvalue weighted by Crippen LogP contribution is -2.14. The normalized spacial score (nSPS) is 12.2. The lowest BCUT2D eigenvalue weighted by Gasteiger charge is -2.32. The fourth-order valence-electron chi connectivity index (χ4n) is 4.14. The smallest absolute Gasteiger partial charge is 0.162 e. The minimum atomic E-state index is 0.226. The molecule has 0 unspecified atom stereocenters. The van der Waals surface area contributed by atoms with Gasteiger partial charge in [0.15, 0.2) is 5.78 Å². The highest BCUT2D eigenvalue weighted by molar-refractivity contribution is 7.99. The molecular weight excluding hydrogens is 410 g/mol. The van der Waals surface area contributed by atoms with Crippen LogP contribution in [0.3, 0.4) is 0 Å². The first kappa shape index (κ1) is 20.6. The predicted octanol–water partition coefficient (Wildman–Crippen LogP) is 8.66. The first-order valence-corrected chi connectivity index (χ1v) is 12.0. The van der Waals surface area contributed by atoms with Gasteiger partial charge in [0, 0.05) is 27.5 Å². The number of unbranched alkanes of at least 4 members (excludes halogenated alkanes) is 1. The molecule has 0 aromatic heterocycles. The van der Waals surface area contributed by atoms with E-state index in [0.29, 0.717) is 6.42 Å². The van der Waals surface area contributed by atoms with Crippen LogP contribution in [0.25, 0.3) is 11.1 Å². The van der Waals surface area contributed by atoms with Gasteiger partial charge >= 0.3 is 0 Å². The van der Waals surface area contributed by atoms with Crippen molar-refractivity contribution in [3.8, 4) is 11.1 Å². The molecule has 0 bridgehead atoms. The summed E-state index contributed by atoms with van der Waals surface area (Å²) in [6.07, 6.45) is 2.59. The van der Waals surface area contributed by atoms with Crippen molar-refractivity contribution in [3.05, 3.63) is 103 Å². The molecule has 158 valence electrons. The zero-order valence-corrected chi connectivity index (χ0v) is 18.9. The van der Waals surface area contributed by atoms with Gasteiger partial charge in [-0.3, -0.25) is 4.79 Å². The van der Waals surface area contributed by atoms with Crippen molar-refractivity contribution >= 4 is 34.6 Å². The van der Waals surface area contributed by atoms with Crippen molar-refractivity contribution < 1.29 is 4.79 Å². The summed E-state index contributed by atoms with van der Waals surface area (Å²) >= 11 is 1.82. The molecule has 4 aromatic rings. The molecule has 0 spiro atoms. The number of ketones is 1. The summed E-state index contributed by atoms with van der Waals surface area (Å²) < 4.78 is 0. The lowest BCUT2D eigenvalue weighted by molar-refractivity contribution is 0.0980. The number of carbonyl (C=O) groups is 1. The third-order valence-corrected chi connectivity index (χ3v) is 6.96. The maximum atomic E-state index is 12.5. The fraction of sp³-hybridized carbons (Fsp3) is 0.138. The molecule has 2 nitrogen and oxygen atoms in total. The average molecular weight is 436 g/mol. The fourth-order valence-corrected chi connectivity index (χ4v) is 5.20. The number of anilines is 3. The SMILES string of the molecule is CCCCC(=O)c1cccc(-c2ccc(N3c4ccccc4Sc4ccccc43)cc2)c1. The van der Waals surface area contributed by atoms with Gasteiger partial charge in [0.05, 0.1) is 11.4 Å². The highest BCUT2D eigenvalue weighted by atomic mass is 32.2. The zero-order chi connectivity index (χ0) is 21.9. The number of fused-ring (bicyclic) bond motifs is 2. The van der Waals surface area contributed by atoms with Crippen LogP contribution in [0, 0.1) is 0 Å². The van der Waals surface area contributed by atoms with E-state index in [0.717, 1.165) is 35.2 Å². The molecule has 0 atom stereocenters. The van der Waals surface area contributed by atoms with Crippen LogP contribution >= 0.6 is 11.8 Å². The molecule has 32 heavy (non-hydrogen) atoms. The molecule has 0 radical (unpaired) electrons. The van der Waals surface area contributed by atoms with Crippen LogP contribution in [0.4, 0.5) is 17.1 Å². The van der Waals surface area contributed by atoms with Crippen LogP contribution in [0.1, 0.15) is 36.5 Å². The molecule has 0 saturated carbocycles. The summed E-state index contributed by atoms with van der Waals surface area (Å²) in [4.78, 5) is 17.3. The Bertz CT molecular complexity index is 1220. The van der Waals surface area contributed by atoms with Gasteiger partial charge in [0.2, 0.25) is 0 Å². The first-order chi connectivity index (χ1) is 15.7. The second-order valence-corrected chi connectivity index (χ2v) is 9.11. The summed E-state index contributed by atoms with van der Waals surface area (Å²) in [7, 11) is 0. The van der Waals surface area contributed by atoms with Crippen molar-refractivity contribution in [3.63, 3.8) is 0 Å². The summed E-state index contributed by atoms with van der Waals surface area (Å²) in [6.45, 7) is 2.11. The van der Waals surface area contributed by atoms with E-state index in [-0.39, 0.29) is 5.78 Å². The van der Waals surface area contributed by atoms with Crippen molar-refractivity contribution in [2.75, 3.05) is 4.90 Å². The van der Waals surface area contributed by atoms with E-state index in [4.69, 9.17) is 0 Å². The van der Waals surface area contributed by atoms with Crippen LogP contribution in [0.15, 0.2) is 107 Å². The standard InChI is InChI=1S/C29H25NOS/c1-2-3-13-27(31)23-10-8-9-22(20-23)21-16-18-24(19-17-21)30-25-11-4-6-14-28(25)32-29-15-7-5-12-26(29)30/h4-12,14-20H,2-3,13H2,1H3. The van der Waals surface area contributed by atoms with E-state index in [9.17, 15) is 4.79 Å². The van der Waals surface area contributed by atoms with Crippen molar-refractivity contribution in [1.29, 1.82) is 0 Å². The number of Topliss-reactive ketones (excluding diaryl/α,β-unsaturated/α-hetero) is 1. The van der Waals surface area contributed by atoms with Gasteiger partial charge in [0.1, 0.15) is 0 Å². The topological polar surface area (TPSA) is 20.3 Å². The Kier molecular flexibility index (Phi) is 5.83. The highest BCUT2D eigenvalue weighted by Crippen LogP contribution is 2.51. The molecule has 0 aliphatic carbocycles. The Morgan fingerprint density at radius 1 is 0.750 bits per heavy atom. The van der Waals surface area contributed by atoms with Crippen molar-refractivity contribution in [2.45, 2.75) is 36.0 Å². The maximum Gasteiger partial charge on any atom is 0.162 e. The van der Waals surface area contributed by atoms with Gasteiger partial charge in [-0.25, -0.2) is 0 Å². The largest absolute Gasteiger partial charge is 0.308 e. The molecule has 1 aliphatic rings. The Hall–Kier alpha value is -3.30. The van der Waals surface area contributed by atoms with E-state index < -0.39 is 0 Å². The van der Waals surface area contributed by atoms with Crippen molar-refractivity contribution in [2.24, 2.45) is 0 Å². The number of hydrogen-bond acceptors (Lipinski definition) is 3. The number of hydrogen-bond donors (Lipinski definition) is 0. The molecule has 0 amide bonds. The molecule has 1 aliphatic heterocycles. The van der Waals surface area contributed by atoms with Crippen LogP contribution < -0.4 is 4.90 Å². The number of rotatable bonds is 6. The number of para-hydroxylation sites is 2. The second-order valence-electron chi connectivity index (χ2n) is 8.03. The second kappa shape index (κ2) is 9.05. The molecule has 5 rings (SSSR count). The number of carbonyl (C=O) groups excluding carboxylic acids is 1. The molecular formula is C29H25NOS. The molecule has 1 heterocycles. The van der Waals surface area contributed by atoms with Crippen LogP contribution in [-0.2, 0) is 0 Å². The summed E-state index contributed by atoms with van der Waals surface area (Å²) in [6, 6.07) is 33.7. The summed E-state index contributed by atoms with van der Waals surface area (Å²) in [5, 5.41) is 0. The van der Waals surface area contributed by atoms with Gasteiger partial charge in [-0.2, -0.15) is 0 Å². The van der Waals surface area contributed by atoms with E-state index in [1.54, 1.807) is 0 Å². The Morgan fingerprint density at radius 2 is 1.41 bits per heavy atom. The third kappa shape index (κ3) is 3.96. The third-order valence-electron chi connectivity index (χ3n) is 5.83. The van der Waals surface area contributed by atoms with Crippen molar-refractivity contribution in [1.82, 2.24) is 0 Å². The van der Waals surface area contributed by atoms with Gasteiger partial charge in [-0.1, -0.05) is 79.7 Å². The van der Waals surface area contributed by atoms with Gasteiger partial charge in [-0.15, -0.1) is 0 Å². The Morgan fingerprint density at radius 3 is 2.06 bits per heavy atom. The Balaban J connectivity index is 1.49. The van der Waals surface area contributed by atoms with E-state index in [2.05, 4.69) is 90.7 Å². The van der Waals surface area contributed by atoms with Gasteiger partial charge in [0.25, 0.3) is 0 Å². The van der Waals surface area contributed by atoms with Gasteiger partial charge < -0.3 is 4.90 Å². The van der Waals surface area contributed by atoms with E-state index >= 15 is 0 Å². The minimum absolute atomic E-state index is 0.226. The molecule has 4 aromatic carbocycles. The molecule has 0 fully saturated rings.